The van der Waals surface area contributed by atoms with Gasteiger partial charge in [-0.1, -0.05) is 42.7 Å². The van der Waals surface area contributed by atoms with Gasteiger partial charge in [-0.05, 0) is 38.2 Å². The molecule has 0 saturated heterocycles. The van der Waals surface area contributed by atoms with E-state index < -0.39 is 0 Å². The first-order valence-electron chi connectivity index (χ1n) is 7.09. The van der Waals surface area contributed by atoms with E-state index in [0.29, 0.717) is 5.41 Å². The van der Waals surface area contributed by atoms with Crippen LogP contribution >= 0.6 is 0 Å². The molecule has 17 heavy (non-hydrogen) atoms. The normalized spacial score (nSPS) is 22.9. The van der Waals surface area contributed by atoms with Crippen molar-refractivity contribution in [3.05, 3.63) is 35.4 Å². The highest BCUT2D eigenvalue weighted by Crippen LogP contribution is 2.41. The van der Waals surface area contributed by atoms with E-state index in [9.17, 15) is 0 Å². The summed E-state index contributed by atoms with van der Waals surface area (Å²) in [5.41, 5.74) is 3.38. The van der Waals surface area contributed by atoms with Crippen LogP contribution in [0.25, 0.3) is 0 Å². The Bertz CT molecular complexity index is 369. The van der Waals surface area contributed by atoms with E-state index in [0.717, 1.165) is 6.04 Å². The summed E-state index contributed by atoms with van der Waals surface area (Å²) in [4.78, 5) is 0. The summed E-state index contributed by atoms with van der Waals surface area (Å²) in [6.45, 7) is 3.37. The zero-order valence-electron chi connectivity index (χ0n) is 10.8. The molecule has 0 amide bonds. The van der Waals surface area contributed by atoms with Crippen molar-refractivity contribution < 1.29 is 0 Å². The van der Waals surface area contributed by atoms with Gasteiger partial charge in [-0.25, -0.2) is 0 Å². The Hall–Kier alpha value is -0.820. The molecule has 2 aliphatic rings. The highest BCUT2D eigenvalue weighted by molar-refractivity contribution is 5.30. The van der Waals surface area contributed by atoms with Crippen molar-refractivity contribution in [2.45, 2.75) is 56.9 Å². The first-order chi connectivity index (χ1) is 8.28. The van der Waals surface area contributed by atoms with Crippen LogP contribution in [0.15, 0.2) is 24.3 Å². The molecule has 0 aromatic heterocycles. The second-order valence-corrected chi connectivity index (χ2v) is 6.01. The monoisotopic (exact) mass is 229 g/mol. The fourth-order valence-electron chi connectivity index (χ4n) is 3.15. The average Bonchev–Trinajstić information content (AvgIpc) is 3.06. The van der Waals surface area contributed by atoms with Crippen molar-refractivity contribution in [3.8, 4) is 0 Å². The maximum Gasteiger partial charge on any atom is 0.00778 e. The SMILES string of the molecule is Cc1ccc(C2(CNC3CC3)CCCC2)cc1. The van der Waals surface area contributed by atoms with Crippen LogP contribution < -0.4 is 5.32 Å². The summed E-state index contributed by atoms with van der Waals surface area (Å²) >= 11 is 0. The first kappa shape index (κ1) is 11.3. The maximum atomic E-state index is 3.75. The third-order valence-electron chi connectivity index (χ3n) is 4.53. The summed E-state index contributed by atoms with van der Waals surface area (Å²) in [5, 5.41) is 3.75. The molecule has 1 heteroatoms. The maximum absolute atomic E-state index is 3.75. The fourth-order valence-corrected chi connectivity index (χ4v) is 3.15. The van der Waals surface area contributed by atoms with E-state index in [1.807, 2.05) is 0 Å². The van der Waals surface area contributed by atoms with Crippen molar-refractivity contribution in [2.75, 3.05) is 6.54 Å². The van der Waals surface area contributed by atoms with Crippen LogP contribution in [0.3, 0.4) is 0 Å². The summed E-state index contributed by atoms with van der Waals surface area (Å²) in [6, 6.07) is 10.1. The Morgan fingerprint density at radius 1 is 1.12 bits per heavy atom. The number of aryl methyl sites for hydroxylation is 1. The zero-order valence-corrected chi connectivity index (χ0v) is 10.8. The van der Waals surface area contributed by atoms with E-state index in [2.05, 4.69) is 36.5 Å². The van der Waals surface area contributed by atoms with Crippen molar-refractivity contribution in [2.24, 2.45) is 0 Å². The Labute approximate surface area is 105 Å². The largest absolute Gasteiger partial charge is 0.313 e. The predicted octanol–water partition coefficient (Wildman–Crippen LogP) is 3.56. The van der Waals surface area contributed by atoms with E-state index >= 15 is 0 Å². The minimum Gasteiger partial charge on any atom is -0.313 e. The van der Waals surface area contributed by atoms with Crippen LogP contribution in [-0.2, 0) is 5.41 Å². The lowest BCUT2D eigenvalue weighted by atomic mass is 9.78. The minimum atomic E-state index is 0.441. The predicted molar refractivity (Wildman–Crippen MR) is 72.3 cm³/mol. The van der Waals surface area contributed by atoms with Gasteiger partial charge in [0.2, 0.25) is 0 Å². The molecular formula is C16H23N. The summed E-state index contributed by atoms with van der Waals surface area (Å²) in [6.07, 6.45) is 8.33. The van der Waals surface area contributed by atoms with Gasteiger partial charge < -0.3 is 5.32 Å². The second kappa shape index (κ2) is 4.45. The van der Waals surface area contributed by atoms with Crippen LogP contribution in [0.4, 0.5) is 0 Å². The quantitative estimate of drug-likeness (QED) is 0.832. The van der Waals surface area contributed by atoms with Crippen molar-refractivity contribution in [3.63, 3.8) is 0 Å². The van der Waals surface area contributed by atoms with Gasteiger partial charge in [-0.3, -0.25) is 0 Å². The summed E-state index contributed by atoms with van der Waals surface area (Å²) < 4.78 is 0. The number of rotatable bonds is 4. The van der Waals surface area contributed by atoms with Gasteiger partial charge in [0.1, 0.15) is 0 Å². The van der Waals surface area contributed by atoms with E-state index in [4.69, 9.17) is 0 Å². The zero-order chi connectivity index (χ0) is 11.7. The van der Waals surface area contributed by atoms with Gasteiger partial charge in [0.05, 0.1) is 0 Å². The topological polar surface area (TPSA) is 12.0 Å². The van der Waals surface area contributed by atoms with E-state index in [1.54, 1.807) is 5.56 Å². The Balaban J connectivity index is 1.79. The molecule has 2 fully saturated rings. The summed E-state index contributed by atoms with van der Waals surface area (Å²) in [7, 11) is 0. The highest BCUT2D eigenvalue weighted by Gasteiger charge is 2.36. The number of hydrogen-bond donors (Lipinski definition) is 1. The van der Waals surface area contributed by atoms with Crippen LogP contribution in [0.2, 0.25) is 0 Å². The Morgan fingerprint density at radius 2 is 1.76 bits per heavy atom. The number of nitrogens with one attached hydrogen (secondary N) is 1. The van der Waals surface area contributed by atoms with E-state index in [1.165, 1.54) is 50.6 Å². The van der Waals surface area contributed by atoms with Crippen molar-refractivity contribution >= 4 is 0 Å². The molecule has 2 saturated carbocycles. The van der Waals surface area contributed by atoms with Gasteiger partial charge in [0, 0.05) is 18.0 Å². The molecule has 92 valence electrons. The molecule has 1 N–H and O–H groups in total. The Morgan fingerprint density at radius 3 is 2.35 bits per heavy atom. The highest BCUT2D eigenvalue weighted by atomic mass is 15.0. The molecule has 2 aliphatic carbocycles. The van der Waals surface area contributed by atoms with Crippen LogP contribution in [0.5, 0.6) is 0 Å². The number of benzene rings is 1. The molecule has 1 nitrogen and oxygen atoms in total. The smallest absolute Gasteiger partial charge is 0.00778 e. The first-order valence-corrected chi connectivity index (χ1v) is 7.09. The van der Waals surface area contributed by atoms with Crippen molar-refractivity contribution in [1.29, 1.82) is 0 Å². The lowest BCUT2D eigenvalue weighted by Crippen LogP contribution is -2.36. The Kier molecular flexibility index (Phi) is 2.96. The molecule has 1 aromatic rings. The van der Waals surface area contributed by atoms with Crippen LogP contribution in [0.1, 0.15) is 49.7 Å². The van der Waals surface area contributed by atoms with Crippen LogP contribution in [-0.4, -0.2) is 12.6 Å². The number of hydrogen-bond acceptors (Lipinski definition) is 1. The van der Waals surface area contributed by atoms with Crippen LogP contribution in [0, 0.1) is 6.92 Å². The average molecular weight is 229 g/mol. The third kappa shape index (κ3) is 2.40. The lowest BCUT2D eigenvalue weighted by Gasteiger charge is -2.30. The van der Waals surface area contributed by atoms with Crippen molar-refractivity contribution in [1.82, 2.24) is 5.32 Å². The van der Waals surface area contributed by atoms with Gasteiger partial charge in [-0.15, -0.1) is 0 Å². The van der Waals surface area contributed by atoms with E-state index in [-0.39, 0.29) is 0 Å². The molecule has 0 aliphatic heterocycles. The van der Waals surface area contributed by atoms with Gasteiger partial charge >= 0.3 is 0 Å². The minimum absolute atomic E-state index is 0.441. The molecule has 0 atom stereocenters. The molecule has 0 spiro atoms. The molecule has 0 bridgehead atoms. The molecule has 0 unspecified atom stereocenters. The molecule has 0 radical (unpaired) electrons. The second-order valence-electron chi connectivity index (χ2n) is 6.01. The van der Waals surface area contributed by atoms with Gasteiger partial charge in [0.25, 0.3) is 0 Å². The summed E-state index contributed by atoms with van der Waals surface area (Å²) in [5.74, 6) is 0. The lowest BCUT2D eigenvalue weighted by molar-refractivity contribution is 0.403. The third-order valence-corrected chi connectivity index (χ3v) is 4.53. The molecule has 3 rings (SSSR count). The molecule has 1 aromatic carbocycles. The fraction of sp³-hybridized carbons (Fsp3) is 0.625. The van der Waals surface area contributed by atoms with Gasteiger partial charge in [-0.2, -0.15) is 0 Å². The molecular weight excluding hydrogens is 206 g/mol. The molecule has 0 heterocycles. The standard InChI is InChI=1S/C16H23N/c1-13-4-6-14(7-5-13)16(10-2-3-11-16)12-17-15-8-9-15/h4-7,15,17H,2-3,8-12H2,1H3. The van der Waals surface area contributed by atoms with Gasteiger partial charge in [0.15, 0.2) is 0 Å².